The lowest BCUT2D eigenvalue weighted by molar-refractivity contribution is -0.0553. The van der Waals surface area contributed by atoms with Crippen molar-refractivity contribution in [2.75, 3.05) is 11.9 Å². The molecule has 1 aliphatic rings. The Morgan fingerprint density at radius 3 is 3.05 bits per heavy atom. The molecule has 1 unspecified atom stereocenters. The van der Waals surface area contributed by atoms with Crippen molar-refractivity contribution in [1.82, 2.24) is 9.97 Å². The fourth-order valence-electron chi connectivity index (χ4n) is 2.72. The van der Waals surface area contributed by atoms with Crippen molar-refractivity contribution in [3.05, 3.63) is 17.3 Å². The summed E-state index contributed by atoms with van der Waals surface area (Å²) in [5.41, 5.74) is -0.0513. The lowest BCUT2D eigenvalue weighted by atomic mass is 9.94. The normalized spacial score (nSPS) is 22.1. The monoisotopic (exact) mass is 291 g/mol. The van der Waals surface area contributed by atoms with Gasteiger partial charge in [-0.2, -0.15) is 0 Å². The van der Waals surface area contributed by atoms with E-state index in [2.05, 4.69) is 47.5 Å². The van der Waals surface area contributed by atoms with E-state index in [1.165, 1.54) is 0 Å². The minimum atomic E-state index is -0.0513. The highest BCUT2D eigenvalue weighted by atomic mass is 32.1. The Kier molecular flexibility index (Phi) is 3.65. The zero-order chi connectivity index (χ0) is 14.2. The molecule has 0 spiro atoms. The van der Waals surface area contributed by atoms with E-state index >= 15 is 0 Å². The third-order valence-corrected chi connectivity index (χ3v) is 4.53. The van der Waals surface area contributed by atoms with E-state index in [4.69, 9.17) is 4.74 Å². The molecule has 0 amide bonds. The summed E-state index contributed by atoms with van der Waals surface area (Å²) in [6, 6.07) is 2.52. The van der Waals surface area contributed by atoms with E-state index in [1.807, 2.05) is 0 Å². The average molecular weight is 291 g/mol. The Morgan fingerprint density at radius 2 is 2.30 bits per heavy atom. The van der Waals surface area contributed by atoms with E-state index in [0.29, 0.717) is 6.04 Å². The van der Waals surface area contributed by atoms with Crippen molar-refractivity contribution in [2.45, 2.75) is 51.7 Å². The zero-order valence-corrected chi connectivity index (χ0v) is 13.1. The van der Waals surface area contributed by atoms with Gasteiger partial charge in [-0.25, -0.2) is 9.97 Å². The summed E-state index contributed by atoms with van der Waals surface area (Å²) in [6.07, 6.45) is 2.90. The SMILES string of the molecule is CCc1nc(NC2CCOC(C)(C)C2)c2ccsc2n1. The summed E-state index contributed by atoms with van der Waals surface area (Å²) in [5, 5.41) is 6.83. The van der Waals surface area contributed by atoms with Gasteiger partial charge in [0.25, 0.3) is 0 Å². The second kappa shape index (κ2) is 5.30. The lowest BCUT2D eigenvalue weighted by Gasteiger charge is -2.36. The number of rotatable bonds is 3. The van der Waals surface area contributed by atoms with Crippen LogP contribution in [0.5, 0.6) is 0 Å². The lowest BCUT2D eigenvalue weighted by Crippen LogP contribution is -2.40. The third-order valence-electron chi connectivity index (χ3n) is 3.73. The van der Waals surface area contributed by atoms with Crippen LogP contribution in [-0.4, -0.2) is 28.2 Å². The van der Waals surface area contributed by atoms with Crippen molar-refractivity contribution in [2.24, 2.45) is 0 Å². The molecule has 0 aliphatic carbocycles. The maximum absolute atomic E-state index is 5.78. The Bertz CT molecular complexity index is 608. The van der Waals surface area contributed by atoms with Crippen LogP contribution >= 0.6 is 11.3 Å². The van der Waals surface area contributed by atoms with E-state index in [1.54, 1.807) is 11.3 Å². The molecule has 20 heavy (non-hydrogen) atoms. The van der Waals surface area contributed by atoms with Gasteiger partial charge in [0.1, 0.15) is 16.5 Å². The molecule has 1 N–H and O–H groups in total. The minimum Gasteiger partial charge on any atom is -0.375 e. The van der Waals surface area contributed by atoms with Gasteiger partial charge in [0, 0.05) is 19.1 Å². The van der Waals surface area contributed by atoms with Crippen LogP contribution in [0.2, 0.25) is 0 Å². The molecule has 3 rings (SSSR count). The van der Waals surface area contributed by atoms with Crippen LogP contribution in [-0.2, 0) is 11.2 Å². The van der Waals surface area contributed by atoms with Crippen LogP contribution in [0.3, 0.4) is 0 Å². The quantitative estimate of drug-likeness (QED) is 0.938. The second-order valence-electron chi connectivity index (χ2n) is 5.92. The van der Waals surface area contributed by atoms with Crippen LogP contribution < -0.4 is 5.32 Å². The number of hydrogen-bond donors (Lipinski definition) is 1. The number of nitrogens with one attached hydrogen (secondary N) is 1. The van der Waals surface area contributed by atoms with Crippen LogP contribution in [0.15, 0.2) is 11.4 Å². The van der Waals surface area contributed by atoms with Crippen LogP contribution in [0, 0.1) is 0 Å². The first-order valence-electron chi connectivity index (χ1n) is 7.22. The molecular weight excluding hydrogens is 270 g/mol. The fourth-order valence-corrected chi connectivity index (χ4v) is 3.50. The Balaban J connectivity index is 1.88. The predicted molar refractivity (Wildman–Crippen MR) is 83.5 cm³/mol. The smallest absolute Gasteiger partial charge is 0.138 e. The van der Waals surface area contributed by atoms with Gasteiger partial charge in [0.15, 0.2) is 0 Å². The van der Waals surface area contributed by atoms with Gasteiger partial charge in [-0.05, 0) is 38.1 Å². The van der Waals surface area contributed by atoms with Gasteiger partial charge < -0.3 is 10.1 Å². The molecule has 0 saturated carbocycles. The molecular formula is C15H21N3OS. The summed E-state index contributed by atoms with van der Waals surface area (Å²) < 4.78 is 5.78. The van der Waals surface area contributed by atoms with E-state index in [0.717, 1.165) is 47.7 Å². The molecule has 3 heterocycles. The maximum Gasteiger partial charge on any atom is 0.138 e. The molecule has 1 atom stereocenters. The van der Waals surface area contributed by atoms with E-state index < -0.39 is 0 Å². The first-order chi connectivity index (χ1) is 9.57. The van der Waals surface area contributed by atoms with Crippen molar-refractivity contribution in [3.8, 4) is 0 Å². The summed E-state index contributed by atoms with van der Waals surface area (Å²) in [7, 11) is 0. The standard InChI is InChI=1S/C15H21N3OS/c1-4-12-17-13(11-6-8-20-14(11)18-12)16-10-5-7-19-15(2,3)9-10/h6,8,10H,4-5,7,9H2,1-3H3,(H,16,17,18). The number of anilines is 1. The maximum atomic E-state index is 5.78. The number of hydrogen-bond acceptors (Lipinski definition) is 5. The highest BCUT2D eigenvalue weighted by Crippen LogP contribution is 2.30. The summed E-state index contributed by atoms with van der Waals surface area (Å²) >= 11 is 1.68. The van der Waals surface area contributed by atoms with Crippen molar-refractivity contribution >= 4 is 27.4 Å². The van der Waals surface area contributed by atoms with Gasteiger partial charge in [0.05, 0.1) is 11.0 Å². The van der Waals surface area contributed by atoms with Crippen LogP contribution in [0.4, 0.5) is 5.82 Å². The molecule has 108 valence electrons. The number of aryl methyl sites for hydroxylation is 1. The summed E-state index contributed by atoms with van der Waals surface area (Å²) in [5.74, 6) is 1.89. The Morgan fingerprint density at radius 1 is 1.45 bits per heavy atom. The van der Waals surface area contributed by atoms with Gasteiger partial charge >= 0.3 is 0 Å². The summed E-state index contributed by atoms with van der Waals surface area (Å²) in [6.45, 7) is 7.20. The molecule has 4 nitrogen and oxygen atoms in total. The molecule has 2 aromatic rings. The highest BCUT2D eigenvalue weighted by Gasteiger charge is 2.29. The number of fused-ring (bicyclic) bond motifs is 1. The molecule has 0 bridgehead atoms. The van der Waals surface area contributed by atoms with E-state index in [9.17, 15) is 0 Å². The molecule has 2 aromatic heterocycles. The van der Waals surface area contributed by atoms with E-state index in [-0.39, 0.29) is 5.60 Å². The number of nitrogens with zero attached hydrogens (tertiary/aromatic N) is 2. The average Bonchev–Trinajstić information content (AvgIpc) is 2.85. The second-order valence-corrected chi connectivity index (χ2v) is 6.82. The molecule has 1 saturated heterocycles. The van der Waals surface area contributed by atoms with Crippen molar-refractivity contribution in [3.63, 3.8) is 0 Å². The minimum absolute atomic E-state index is 0.0513. The van der Waals surface area contributed by atoms with Crippen LogP contribution in [0.25, 0.3) is 10.2 Å². The van der Waals surface area contributed by atoms with Gasteiger partial charge in [0.2, 0.25) is 0 Å². The molecule has 1 fully saturated rings. The van der Waals surface area contributed by atoms with Crippen LogP contribution in [0.1, 0.15) is 39.4 Å². The predicted octanol–water partition coefficient (Wildman–Crippen LogP) is 3.62. The third kappa shape index (κ3) is 2.79. The molecule has 5 heteroatoms. The first kappa shape index (κ1) is 13.8. The van der Waals surface area contributed by atoms with Crippen molar-refractivity contribution < 1.29 is 4.74 Å². The van der Waals surface area contributed by atoms with Gasteiger partial charge in [-0.15, -0.1) is 11.3 Å². The van der Waals surface area contributed by atoms with Gasteiger partial charge in [-0.3, -0.25) is 0 Å². The van der Waals surface area contributed by atoms with Crippen molar-refractivity contribution in [1.29, 1.82) is 0 Å². The number of thiophene rings is 1. The molecule has 0 radical (unpaired) electrons. The van der Waals surface area contributed by atoms with Gasteiger partial charge in [-0.1, -0.05) is 6.92 Å². The Hall–Kier alpha value is -1.20. The molecule has 1 aliphatic heterocycles. The number of ether oxygens (including phenoxy) is 1. The number of aromatic nitrogens is 2. The molecule has 0 aromatic carbocycles. The zero-order valence-electron chi connectivity index (χ0n) is 12.3. The highest BCUT2D eigenvalue weighted by molar-refractivity contribution is 7.16. The summed E-state index contributed by atoms with van der Waals surface area (Å²) in [4.78, 5) is 10.3. The fraction of sp³-hybridized carbons (Fsp3) is 0.600. The topological polar surface area (TPSA) is 47.0 Å². The Labute approximate surface area is 123 Å². The first-order valence-corrected chi connectivity index (χ1v) is 8.10. The largest absolute Gasteiger partial charge is 0.375 e.